The molecule has 0 aliphatic rings. The van der Waals surface area contributed by atoms with Crippen LogP contribution < -0.4 is 5.32 Å². The zero-order valence-electron chi connectivity index (χ0n) is 12.9. The molecule has 7 nitrogen and oxygen atoms in total. The number of amides is 1. The minimum absolute atomic E-state index is 0.0673. The molecular formula is C17H13N3O4S. The minimum Gasteiger partial charge on any atom is -0.477 e. The molecule has 0 aliphatic carbocycles. The third-order valence-electron chi connectivity index (χ3n) is 3.16. The maximum Gasteiger partial charge on any atom is 0.413 e. The summed E-state index contributed by atoms with van der Waals surface area (Å²) >= 11 is 1.20. The van der Waals surface area contributed by atoms with E-state index in [1.165, 1.54) is 17.4 Å². The lowest BCUT2D eigenvalue weighted by atomic mass is 10.2. The summed E-state index contributed by atoms with van der Waals surface area (Å²) in [7, 11) is 0. The first-order valence-electron chi connectivity index (χ1n) is 7.26. The summed E-state index contributed by atoms with van der Waals surface area (Å²) in [5.41, 5.74) is 1.71. The Balaban J connectivity index is 1.62. The highest BCUT2D eigenvalue weighted by Gasteiger charge is 2.12. The van der Waals surface area contributed by atoms with Gasteiger partial charge in [0, 0.05) is 5.38 Å². The molecule has 126 valence electrons. The molecule has 0 fully saturated rings. The summed E-state index contributed by atoms with van der Waals surface area (Å²) in [4.78, 5) is 31.0. The van der Waals surface area contributed by atoms with Gasteiger partial charge in [-0.05, 0) is 17.7 Å². The molecule has 1 aromatic carbocycles. The summed E-state index contributed by atoms with van der Waals surface area (Å²) < 4.78 is 5.12. The van der Waals surface area contributed by atoms with Gasteiger partial charge in [-0.2, -0.15) is 0 Å². The number of nitrogens with zero attached hydrogens (tertiary/aromatic N) is 2. The molecule has 2 heterocycles. The maximum absolute atomic E-state index is 11.8. The lowest BCUT2D eigenvalue weighted by Crippen LogP contribution is -2.13. The number of carbonyl (C=O) groups excluding carboxylic acids is 1. The molecule has 3 aromatic rings. The van der Waals surface area contributed by atoms with E-state index >= 15 is 0 Å². The van der Waals surface area contributed by atoms with Crippen molar-refractivity contribution < 1.29 is 19.4 Å². The normalized spacial score (nSPS) is 10.2. The van der Waals surface area contributed by atoms with Crippen molar-refractivity contribution in [1.82, 2.24) is 9.97 Å². The Morgan fingerprint density at radius 2 is 1.84 bits per heavy atom. The van der Waals surface area contributed by atoms with Crippen LogP contribution in [0.15, 0.2) is 53.9 Å². The molecule has 0 unspecified atom stereocenters. The van der Waals surface area contributed by atoms with Crippen LogP contribution in [0, 0.1) is 0 Å². The van der Waals surface area contributed by atoms with E-state index in [2.05, 4.69) is 15.3 Å². The first-order valence-corrected chi connectivity index (χ1v) is 8.14. The molecule has 0 radical (unpaired) electrons. The van der Waals surface area contributed by atoms with E-state index in [-0.39, 0.29) is 12.3 Å². The van der Waals surface area contributed by atoms with Crippen LogP contribution in [0.1, 0.15) is 16.1 Å². The van der Waals surface area contributed by atoms with E-state index in [9.17, 15) is 9.59 Å². The number of carboxylic acid groups (broad SMARTS) is 1. The van der Waals surface area contributed by atoms with Gasteiger partial charge in [-0.25, -0.2) is 19.6 Å². The standard InChI is InChI=1S/C17H13N3O4S/c21-15(22)13-8-4-7-12(18-13)14-10-25-16(19-14)20-17(23)24-9-11-5-2-1-3-6-11/h1-8,10H,9H2,(H,21,22)(H,19,20,23). The van der Waals surface area contributed by atoms with Crippen LogP contribution in [0.3, 0.4) is 0 Å². The Morgan fingerprint density at radius 1 is 1.04 bits per heavy atom. The van der Waals surface area contributed by atoms with Gasteiger partial charge >= 0.3 is 12.1 Å². The van der Waals surface area contributed by atoms with Crippen LogP contribution in [0.4, 0.5) is 9.93 Å². The number of anilines is 1. The number of ether oxygens (including phenoxy) is 1. The predicted molar refractivity (Wildman–Crippen MR) is 92.6 cm³/mol. The molecular weight excluding hydrogens is 342 g/mol. The molecule has 1 amide bonds. The quantitative estimate of drug-likeness (QED) is 0.724. The van der Waals surface area contributed by atoms with Crippen molar-refractivity contribution in [3.8, 4) is 11.4 Å². The van der Waals surface area contributed by atoms with Crippen molar-refractivity contribution in [2.24, 2.45) is 0 Å². The number of hydrogen-bond donors (Lipinski definition) is 2. The van der Waals surface area contributed by atoms with E-state index in [1.807, 2.05) is 30.3 Å². The van der Waals surface area contributed by atoms with Gasteiger partial charge in [-0.1, -0.05) is 36.4 Å². The average molecular weight is 355 g/mol. The number of rotatable bonds is 5. The first-order chi connectivity index (χ1) is 12.1. The van der Waals surface area contributed by atoms with Gasteiger partial charge in [-0.15, -0.1) is 11.3 Å². The van der Waals surface area contributed by atoms with Crippen molar-refractivity contribution in [1.29, 1.82) is 0 Å². The largest absolute Gasteiger partial charge is 0.477 e. The van der Waals surface area contributed by atoms with Crippen LogP contribution >= 0.6 is 11.3 Å². The number of carbonyl (C=O) groups is 2. The number of carboxylic acids is 1. The van der Waals surface area contributed by atoms with Gasteiger partial charge in [0.15, 0.2) is 5.13 Å². The van der Waals surface area contributed by atoms with Crippen molar-refractivity contribution in [3.05, 3.63) is 65.2 Å². The first kappa shape index (κ1) is 16.6. The Morgan fingerprint density at radius 3 is 2.60 bits per heavy atom. The number of aromatic nitrogens is 2. The number of thiazole rings is 1. The van der Waals surface area contributed by atoms with Crippen molar-refractivity contribution >= 4 is 28.5 Å². The number of aromatic carboxylic acids is 1. The second kappa shape index (κ2) is 7.54. The van der Waals surface area contributed by atoms with E-state index in [1.54, 1.807) is 17.5 Å². The molecule has 0 atom stereocenters. The zero-order valence-corrected chi connectivity index (χ0v) is 13.7. The molecule has 0 aliphatic heterocycles. The van der Waals surface area contributed by atoms with Crippen LogP contribution in [0.25, 0.3) is 11.4 Å². The van der Waals surface area contributed by atoms with Gasteiger partial charge in [0.1, 0.15) is 18.0 Å². The van der Waals surface area contributed by atoms with Gasteiger partial charge in [-0.3, -0.25) is 5.32 Å². The van der Waals surface area contributed by atoms with Crippen LogP contribution in [-0.4, -0.2) is 27.1 Å². The third-order valence-corrected chi connectivity index (χ3v) is 3.91. The van der Waals surface area contributed by atoms with E-state index in [0.29, 0.717) is 16.5 Å². The summed E-state index contributed by atoms with van der Waals surface area (Å²) in [5.74, 6) is -1.11. The topological polar surface area (TPSA) is 101 Å². The molecule has 2 aromatic heterocycles. The number of hydrogen-bond acceptors (Lipinski definition) is 6. The van der Waals surface area contributed by atoms with Crippen LogP contribution in [0.5, 0.6) is 0 Å². The molecule has 2 N–H and O–H groups in total. The lowest BCUT2D eigenvalue weighted by molar-refractivity contribution is 0.0690. The number of benzene rings is 1. The zero-order chi connectivity index (χ0) is 17.6. The van der Waals surface area contributed by atoms with Gasteiger partial charge in [0.2, 0.25) is 0 Å². The molecule has 0 saturated heterocycles. The maximum atomic E-state index is 11.8. The average Bonchev–Trinajstić information content (AvgIpc) is 3.09. The number of pyridine rings is 1. The fourth-order valence-corrected chi connectivity index (χ4v) is 2.68. The van der Waals surface area contributed by atoms with E-state index in [4.69, 9.17) is 9.84 Å². The monoisotopic (exact) mass is 355 g/mol. The minimum atomic E-state index is -1.11. The van der Waals surface area contributed by atoms with E-state index in [0.717, 1.165) is 5.56 Å². The highest BCUT2D eigenvalue weighted by molar-refractivity contribution is 7.14. The highest BCUT2D eigenvalue weighted by atomic mass is 32.1. The van der Waals surface area contributed by atoms with E-state index < -0.39 is 12.1 Å². The Hall–Kier alpha value is -3.26. The third kappa shape index (κ3) is 4.39. The Kier molecular flexibility index (Phi) is 5.00. The van der Waals surface area contributed by atoms with Crippen LogP contribution in [-0.2, 0) is 11.3 Å². The van der Waals surface area contributed by atoms with Gasteiger partial charge < -0.3 is 9.84 Å². The summed E-state index contributed by atoms with van der Waals surface area (Å²) in [6.07, 6.45) is -0.614. The number of nitrogens with one attached hydrogen (secondary N) is 1. The smallest absolute Gasteiger partial charge is 0.413 e. The summed E-state index contributed by atoms with van der Waals surface area (Å²) in [6.45, 7) is 0.160. The Bertz CT molecular complexity index is 896. The molecule has 8 heteroatoms. The molecule has 0 spiro atoms. The summed E-state index contributed by atoms with van der Waals surface area (Å²) in [5, 5.41) is 13.5. The van der Waals surface area contributed by atoms with Crippen molar-refractivity contribution in [3.63, 3.8) is 0 Å². The van der Waals surface area contributed by atoms with Gasteiger partial charge in [0.05, 0.1) is 5.69 Å². The fourth-order valence-electron chi connectivity index (χ4n) is 1.99. The van der Waals surface area contributed by atoms with Crippen molar-refractivity contribution in [2.45, 2.75) is 6.61 Å². The fraction of sp³-hybridized carbons (Fsp3) is 0.0588. The molecule has 0 bridgehead atoms. The second-order valence-electron chi connectivity index (χ2n) is 4.94. The highest BCUT2D eigenvalue weighted by Crippen LogP contribution is 2.23. The van der Waals surface area contributed by atoms with Gasteiger partial charge in [0.25, 0.3) is 0 Å². The summed E-state index contributed by atoms with van der Waals surface area (Å²) in [6, 6.07) is 14.0. The molecule has 0 saturated carbocycles. The molecule has 3 rings (SSSR count). The SMILES string of the molecule is O=C(Nc1nc(-c2cccc(C(=O)O)n2)cs1)OCc1ccccc1. The lowest BCUT2D eigenvalue weighted by Gasteiger charge is -2.04. The Labute approximate surface area is 147 Å². The van der Waals surface area contributed by atoms with Crippen LogP contribution in [0.2, 0.25) is 0 Å². The predicted octanol–water partition coefficient (Wildman–Crippen LogP) is 3.65. The molecule has 25 heavy (non-hydrogen) atoms. The van der Waals surface area contributed by atoms with Crippen molar-refractivity contribution in [2.75, 3.05) is 5.32 Å². The second-order valence-corrected chi connectivity index (χ2v) is 5.80.